The highest BCUT2D eigenvalue weighted by molar-refractivity contribution is 7.10. The van der Waals surface area contributed by atoms with E-state index < -0.39 is 5.92 Å². The maximum Gasteiger partial charge on any atom is 0.189 e. The lowest BCUT2D eigenvalue weighted by Crippen LogP contribution is -2.11. The van der Waals surface area contributed by atoms with E-state index in [0.29, 0.717) is 17.1 Å². The van der Waals surface area contributed by atoms with Crippen LogP contribution in [0.15, 0.2) is 35.7 Å². The first kappa shape index (κ1) is 14.1. The third-order valence-corrected chi connectivity index (χ3v) is 3.83. The van der Waals surface area contributed by atoms with Crippen molar-refractivity contribution in [2.45, 2.75) is 5.92 Å². The van der Waals surface area contributed by atoms with Crippen LogP contribution < -0.4 is 9.47 Å². The first-order chi connectivity index (χ1) is 9.71. The smallest absolute Gasteiger partial charge is 0.189 e. The number of nitriles is 1. The van der Waals surface area contributed by atoms with E-state index in [0.717, 1.165) is 4.88 Å². The maximum atomic E-state index is 12.6. The van der Waals surface area contributed by atoms with Crippen LogP contribution in [0.2, 0.25) is 0 Å². The molecule has 1 unspecified atom stereocenters. The molecule has 0 saturated carbocycles. The monoisotopic (exact) mass is 287 g/mol. The third kappa shape index (κ3) is 2.65. The Morgan fingerprint density at radius 1 is 1.30 bits per heavy atom. The Bertz CT molecular complexity index is 644. The second-order valence-corrected chi connectivity index (χ2v) is 4.99. The molecule has 5 heteroatoms. The largest absolute Gasteiger partial charge is 0.497 e. The summed E-state index contributed by atoms with van der Waals surface area (Å²) in [4.78, 5) is 13.3. The number of hydrogen-bond acceptors (Lipinski definition) is 5. The number of hydrogen-bond donors (Lipinski definition) is 0. The maximum absolute atomic E-state index is 12.6. The van der Waals surface area contributed by atoms with E-state index in [1.807, 2.05) is 11.4 Å². The third-order valence-electron chi connectivity index (χ3n) is 2.89. The first-order valence-corrected chi connectivity index (χ1v) is 6.78. The summed E-state index contributed by atoms with van der Waals surface area (Å²) in [5, 5.41) is 11.1. The predicted molar refractivity (Wildman–Crippen MR) is 76.5 cm³/mol. The molecule has 0 saturated heterocycles. The molecular weight excluding hydrogens is 274 g/mol. The lowest BCUT2D eigenvalue weighted by Gasteiger charge is -2.11. The van der Waals surface area contributed by atoms with Crippen LogP contribution in [-0.2, 0) is 0 Å². The topological polar surface area (TPSA) is 59.3 Å². The van der Waals surface area contributed by atoms with Gasteiger partial charge in [0.15, 0.2) is 5.78 Å². The molecule has 1 aromatic carbocycles. The number of methoxy groups -OCH3 is 2. The molecule has 2 rings (SSSR count). The molecule has 0 aliphatic rings. The van der Waals surface area contributed by atoms with Gasteiger partial charge in [-0.15, -0.1) is 11.3 Å². The number of rotatable bonds is 5. The minimum absolute atomic E-state index is 0.286. The van der Waals surface area contributed by atoms with Crippen molar-refractivity contribution >= 4 is 17.1 Å². The summed E-state index contributed by atoms with van der Waals surface area (Å²) in [5.41, 5.74) is 0.354. The van der Waals surface area contributed by atoms with Gasteiger partial charge in [-0.2, -0.15) is 5.26 Å². The Hall–Kier alpha value is -2.32. The van der Waals surface area contributed by atoms with Crippen LogP contribution in [0.5, 0.6) is 11.5 Å². The molecule has 0 radical (unpaired) electrons. The van der Waals surface area contributed by atoms with E-state index in [-0.39, 0.29) is 5.78 Å². The van der Waals surface area contributed by atoms with E-state index in [4.69, 9.17) is 9.47 Å². The number of nitrogens with zero attached hydrogens (tertiary/aromatic N) is 1. The van der Waals surface area contributed by atoms with Crippen molar-refractivity contribution in [2.24, 2.45) is 0 Å². The summed E-state index contributed by atoms with van der Waals surface area (Å²) in [6.45, 7) is 0. The summed E-state index contributed by atoms with van der Waals surface area (Å²) in [5.74, 6) is -0.119. The van der Waals surface area contributed by atoms with Crippen molar-refractivity contribution in [1.29, 1.82) is 5.26 Å². The number of ketones is 1. The number of benzene rings is 1. The summed E-state index contributed by atoms with van der Waals surface area (Å²) < 4.78 is 10.3. The van der Waals surface area contributed by atoms with Crippen molar-refractivity contribution in [1.82, 2.24) is 0 Å². The van der Waals surface area contributed by atoms with E-state index in [9.17, 15) is 10.1 Å². The highest BCUT2D eigenvalue weighted by Gasteiger charge is 2.25. The van der Waals surface area contributed by atoms with Crippen molar-refractivity contribution in [2.75, 3.05) is 14.2 Å². The van der Waals surface area contributed by atoms with Crippen LogP contribution in [0.4, 0.5) is 0 Å². The van der Waals surface area contributed by atoms with Crippen LogP contribution in [0.25, 0.3) is 0 Å². The summed E-state index contributed by atoms with van der Waals surface area (Å²) in [6, 6.07) is 10.6. The standard InChI is InChI=1S/C15H13NO3S/c1-18-10-5-6-13(19-2)11(8-10)15(17)12(9-16)14-4-3-7-20-14/h3-8,12H,1-2H3. The predicted octanol–water partition coefficient (Wildman–Crippen LogP) is 3.26. The Morgan fingerprint density at radius 2 is 2.10 bits per heavy atom. The Labute approximate surface area is 121 Å². The van der Waals surface area contributed by atoms with E-state index in [1.165, 1.54) is 25.6 Å². The molecule has 2 aromatic rings. The highest BCUT2D eigenvalue weighted by Crippen LogP contribution is 2.31. The van der Waals surface area contributed by atoms with Gasteiger partial charge in [0.05, 0.1) is 25.9 Å². The molecule has 4 nitrogen and oxygen atoms in total. The molecule has 1 heterocycles. The van der Waals surface area contributed by atoms with Gasteiger partial charge in [-0.25, -0.2) is 0 Å². The minimum Gasteiger partial charge on any atom is -0.497 e. The van der Waals surface area contributed by atoms with E-state index in [1.54, 1.807) is 24.3 Å². The van der Waals surface area contributed by atoms with Gasteiger partial charge >= 0.3 is 0 Å². The Morgan fingerprint density at radius 3 is 2.65 bits per heavy atom. The molecular formula is C15H13NO3S. The SMILES string of the molecule is COc1ccc(OC)c(C(=O)C(C#N)c2cccs2)c1. The van der Waals surface area contributed by atoms with Crippen LogP contribution in [0, 0.1) is 11.3 Å². The van der Waals surface area contributed by atoms with Crippen LogP contribution in [0.1, 0.15) is 21.2 Å². The Kier molecular flexibility index (Phi) is 4.38. The minimum atomic E-state index is -0.823. The zero-order chi connectivity index (χ0) is 14.5. The summed E-state index contributed by atoms with van der Waals surface area (Å²) in [6.07, 6.45) is 0. The van der Waals surface area contributed by atoms with Crippen molar-refractivity contribution < 1.29 is 14.3 Å². The molecule has 0 N–H and O–H groups in total. The van der Waals surface area contributed by atoms with Gasteiger partial charge in [-0.1, -0.05) is 6.07 Å². The fraction of sp³-hybridized carbons (Fsp3) is 0.200. The van der Waals surface area contributed by atoms with Crippen molar-refractivity contribution in [3.05, 3.63) is 46.2 Å². The van der Waals surface area contributed by atoms with Crippen LogP contribution in [0.3, 0.4) is 0 Å². The molecule has 0 aliphatic carbocycles. The average Bonchev–Trinajstić information content (AvgIpc) is 3.01. The summed E-state index contributed by atoms with van der Waals surface area (Å²) >= 11 is 1.39. The number of carbonyl (C=O) groups is 1. The normalized spacial score (nSPS) is 11.4. The quantitative estimate of drug-likeness (QED) is 0.792. The molecule has 0 amide bonds. The van der Waals surface area contributed by atoms with E-state index in [2.05, 4.69) is 6.07 Å². The molecule has 1 atom stereocenters. The second-order valence-electron chi connectivity index (χ2n) is 4.01. The molecule has 0 spiro atoms. The Balaban J connectivity index is 2.44. The zero-order valence-corrected chi connectivity index (χ0v) is 11.9. The fourth-order valence-corrected chi connectivity index (χ4v) is 2.64. The zero-order valence-electron chi connectivity index (χ0n) is 11.1. The van der Waals surface area contributed by atoms with Gasteiger partial charge in [0.25, 0.3) is 0 Å². The van der Waals surface area contributed by atoms with Crippen molar-refractivity contribution in [3.8, 4) is 17.6 Å². The molecule has 0 fully saturated rings. The van der Waals surface area contributed by atoms with Gasteiger partial charge in [-0.3, -0.25) is 4.79 Å². The molecule has 0 aliphatic heterocycles. The van der Waals surface area contributed by atoms with Gasteiger partial charge < -0.3 is 9.47 Å². The van der Waals surface area contributed by atoms with Gasteiger partial charge in [-0.05, 0) is 29.6 Å². The number of ether oxygens (including phenoxy) is 2. The average molecular weight is 287 g/mol. The lowest BCUT2D eigenvalue weighted by molar-refractivity contribution is 0.0976. The van der Waals surface area contributed by atoms with Crippen LogP contribution >= 0.6 is 11.3 Å². The lowest BCUT2D eigenvalue weighted by atomic mass is 9.96. The van der Waals surface area contributed by atoms with Gasteiger partial charge in [0, 0.05) is 4.88 Å². The van der Waals surface area contributed by atoms with Crippen molar-refractivity contribution in [3.63, 3.8) is 0 Å². The summed E-state index contributed by atoms with van der Waals surface area (Å²) in [7, 11) is 3.02. The van der Waals surface area contributed by atoms with E-state index >= 15 is 0 Å². The molecule has 20 heavy (non-hydrogen) atoms. The highest BCUT2D eigenvalue weighted by atomic mass is 32.1. The first-order valence-electron chi connectivity index (χ1n) is 5.90. The molecule has 102 valence electrons. The van der Waals surface area contributed by atoms with Crippen LogP contribution in [-0.4, -0.2) is 20.0 Å². The second kappa shape index (κ2) is 6.22. The van der Waals surface area contributed by atoms with Gasteiger partial charge in [0.2, 0.25) is 0 Å². The number of Topliss-reactive ketones (excluding diaryl/α,β-unsaturated/α-hetero) is 1. The van der Waals surface area contributed by atoms with Gasteiger partial charge in [0.1, 0.15) is 17.4 Å². The molecule has 0 bridgehead atoms. The number of carbonyl (C=O) groups excluding carboxylic acids is 1. The fourth-order valence-electron chi connectivity index (χ4n) is 1.87. The molecule has 1 aromatic heterocycles. The number of thiophene rings is 1.